The lowest BCUT2D eigenvalue weighted by molar-refractivity contribution is -0.116. The van der Waals surface area contributed by atoms with Crippen molar-refractivity contribution < 1.29 is 14.1 Å². The molecule has 3 aromatic rings. The van der Waals surface area contributed by atoms with E-state index in [9.17, 15) is 9.59 Å². The summed E-state index contributed by atoms with van der Waals surface area (Å²) in [5.74, 6) is 0.297. The normalized spacial score (nSPS) is 14.1. The Morgan fingerprint density at radius 3 is 2.75 bits per heavy atom. The van der Waals surface area contributed by atoms with E-state index in [1.165, 1.54) is 0 Å². The average Bonchev–Trinajstić information content (AvgIpc) is 3.09. The molecule has 1 aliphatic heterocycles. The molecule has 0 spiro atoms. The zero-order valence-electron chi connectivity index (χ0n) is 15.8. The molecule has 6 nitrogen and oxygen atoms in total. The molecule has 1 aromatic heterocycles. The van der Waals surface area contributed by atoms with Gasteiger partial charge in [0.25, 0.3) is 5.91 Å². The van der Waals surface area contributed by atoms with Crippen LogP contribution in [0.4, 0.5) is 5.69 Å². The Kier molecular flexibility index (Phi) is 4.69. The molecule has 0 aliphatic carbocycles. The molecular formula is C22H21N3O3. The summed E-state index contributed by atoms with van der Waals surface area (Å²) in [5.41, 5.74) is 4.74. The van der Waals surface area contributed by atoms with Crippen LogP contribution in [-0.4, -0.2) is 17.0 Å². The Labute approximate surface area is 162 Å². The van der Waals surface area contributed by atoms with Gasteiger partial charge in [0, 0.05) is 17.7 Å². The SMILES string of the molecule is Cc1onc(-c2ccccc2)c1C(=O)NC(C)c1ccc2c(c1)CCC(=O)N2. The number of fused-ring (bicyclic) bond motifs is 1. The second kappa shape index (κ2) is 7.31. The maximum Gasteiger partial charge on any atom is 0.257 e. The fraction of sp³-hybridized carbons (Fsp3) is 0.227. The van der Waals surface area contributed by atoms with Crippen molar-refractivity contribution in [1.29, 1.82) is 0 Å². The lowest BCUT2D eigenvalue weighted by Crippen LogP contribution is -2.27. The number of hydrogen-bond donors (Lipinski definition) is 2. The van der Waals surface area contributed by atoms with Gasteiger partial charge in [0.1, 0.15) is 17.0 Å². The van der Waals surface area contributed by atoms with Crippen LogP contribution < -0.4 is 10.6 Å². The number of rotatable bonds is 4. The van der Waals surface area contributed by atoms with Crippen molar-refractivity contribution in [1.82, 2.24) is 10.5 Å². The second-order valence-electron chi connectivity index (χ2n) is 6.99. The van der Waals surface area contributed by atoms with Crippen LogP contribution in [0.15, 0.2) is 53.1 Å². The number of anilines is 1. The van der Waals surface area contributed by atoms with Crippen molar-refractivity contribution >= 4 is 17.5 Å². The first-order valence-electron chi connectivity index (χ1n) is 9.28. The van der Waals surface area contributed by atoms with Gasteiger partial charge >= 0.3 is 0 Å². The molecule has 142 valence electrons. The van der Waals surface area contributed by atoms with Crippen LogP contribution in [0.25, 0.3) is 11.3 Å². The van der Waals surface area contributed by atoms with Gasteiger partial charge in [-0.25, -0.2) is 0 Å². The van der Waals surface area contributed by atoms with E-state index < -0.39 is 0 Å². The van der Waals surface area contributed by atoms with E-state index >= 15 is 0 Å². The molecule has 2 aromatic carbocycles. The van der Waals surface area contributed by atoms with Gasteiger partial charge in [-0.1, -0.05) is 47.6 Å². The molecule has 2 heterocycles. The quantitative estimate of drug-likeness (QED) is 0.721. The summed E-state index contributed by atoms with van der Waals surface area (Å²) in [6.07, 6.45) is 1.19. The molecule has 1 atom stereocenters. The number of aryl methyl sites for hydroxylation is 2. The summed E-state index contributed by atoms with van der Waals surface area (Å²) in [7, 11) is 0. The summed E-state index contributed by atoms with van der Waals surface area (Å²) in [4.78, 5) is 24.5. The molecule has 0 radical (unpaired) electrons. The predicted octanol–water partition coefficient (Wildman–Crippen LogP) is 4.03. The van der Waals surface area contributed by atoms with E-state index in [1.807, 2.05) is 55.5 Å². The molecule has 0 fully saturated rings. The molecule has 4 rings (SSSR count). The molecule has 28 heavy (non-hydrogen) atoms. The van der Waals surface area contributed by atoms with E-state index in [4.69, 9.17) is 4.52 Å². The van der Waals surface area contributed by atoms with E-state index in [2.05, 4.69) is 15.8 Å². The number of hydrogen-bond acceptors (Lipinski definition) is 4. The van der Waals surface area contributed by atoms with Gasteiger partial charge in [-0.3, -0.25) is 9.59 Å². The Morgan fingerprint density at radius 1 is 1.18 bits per heavy atom. The molecule has 1 aliphatic rings. The summed E-state index contributed by atoms with van der Waals surface area (Å²) < 4.78 is 5.29. The van der Waals surface area contributed by atoms with Crippen LogP contribution in [0.3, 0.4) is 0 Å². The van der Waals surface area contributed by atoms with Crippen molar-refractivity contribution in [2.45, 2.75) is 32.7 Å². The van der Waals surface area contributed by atoms with Gasteiger partial charge in [0.2, 0.25) is 5.91 Å². The van der Waals surface area contributed by atoms with Gasteiger partial charge in [0.15, 0.2) is 0 Å². The number of nitrogens with zero attached hydrogens (tertiary/aromatic N) is 1. The third-order valence-electron chi connectivity index (χ3n) is 5.01. The lowest BCUT2D eigenvalue weighted by Gasteiger charge is -2.20. The Bertz CT molecular complexity index is 1040. The third-order valence-corrected chi connectivity index (χ3v) is 5.01. The number of carbonyl (C=O) groups excluding carboxylic acids is 2. The van der Waals surface area contributed by atoms with Crippen LogP contribution in [0.1, 0.15) is 46.6 Å². The average molecular weight is 375 g/mol. The van der Waals surface area contributed by atoms with E-state index in [0.717, 1.165) is 22.4 Å². The van der Waals surface area contributed by atoms with Gasteiger partial charge in [0.05, 0.1) is 6.04 Å². The first-order valence-corrected chi connectivity index (χ1v) is 9.28. The Hall–Kier alpha value is -3.41. The summed E-state index contributed by atoms with van der Waals surface area (Å²) in [6, 6.07) is 15.2. The zero-order chi connectivity index (χ0) is 19.7. The Morgan fingerprint density at radius 2 is 1.96 bits per heavy atom. The van der Waals surface area contributed by atoms with Gasteiger partial charge in [-0.15, -0.1) is 0 Å². The fourth-order valence-electron chi connectivity index (χ4n) is 3.46. The van der Waals surface area contributed by atoms with E-state index in [0.29, 0.717) is 29.9 Å². The topological polar surface area (TPSA) is 84.2 Å². The minimum Gasteiger partial charge on any atom is -0.360 e. The highest BCUT2D eigenvalue weighted by molar-refractivity contribution is 6.01. The lowest BCUT2D eigenvalue weighted by atomic mass is 9.97. The van der Waals surface area contributed by atoms with Gasteiger partial charge in [-0.05, 0) is 37.5 Å². The van der Waals surface area contributed by atoms with E-state index in [-0.39, 0.29) is 17.9 Å². The molecule has 2 amide bonds. The minimum atomic E-state index is -0.226. The van der Waals surface area contributed by atoms with Crippen LogP contribution in [0.2, 0.25) is 0 Å². The number of benzene rings is 2. The number of carbonyl (C=O) groups is 2. The maximum atomic E-state index is 13.0. The fourth-order valence-corrected chi connectivity index (χ4v) is 3.46. The smallest absolute Gasteiger partial charge is 0.257 e. The number of amides is 2. The summed E-state index contributed by atoms with van der Waals surface area (Å²) in [6.45, 7) is 3.67. The monoisotopic (exact) mass is 375 g/mol. The molecule has 2 N–H and O–H groups in total. The molecular weight excluding hydrogens is 354 g/mol. The maximum absolute atomic E-state index is 13.0. The van der Waals surface area contributed by atoms with Crippen LogP contribution in [-0.2, 0) is 11.2 Å². The molecule has 0 bridgehead atoms. The van der Waals surface area contributed by atoms with Crippen molar-refractivity contribution in [2.75, 3.05) is 5.32 Å². The Balaban J connectivity index is 1.56. The predicted molar refractivity (Wildman–Crippen MR) is 106 cm³/mol. The third kappa shape index (κ3) is 3.41. The first kappa shape index (κ1) is 18.0. The summed E-state index contributed by atoms with van der Waals surface area (Å²) in [5, 5.41) is 9.99. The zero-order valence-corrected chi connectivity index (χ0v) is 15.8. The highest BCUT2D eigenvalue weighted by atomic mass is 16.5. The number of nitrogens with one attached hydrogen (secondary N) is 2. The van der Waals surface area contributed by atoms with Gasteiger partial charge in [-0.2, -0.15) is 0 Å². The summed E-state index contributed by atoms with van der Waals surface area (Å²) >= 11 is 0. The van der Waals surface area contributed by atoms with Crippen molar-refractivity contribution in [3.8, 4) is 11.3 Å². The molecule has 6 heteroatoms. The first-order chi connectivity index (χ1) is 13.5. The van der Waals surface area contributed by atoms with Crippen molar-refractivity contribution in [3.63, 3.8) is 0 Å². The molecule has 0 saturated carbocycles. The van der Waals surface area contributed by atoms with Crippen LogP contribution in [0.5, 0.6) is 0 Å². The van der Waals surface area contributed by atoms with Crippen LogP contribution in [0, 0.1) is 6.92 Å². The van der Waals surface area contributed by atoms with E-state index in [1.54, 1.807) is 6.92 Å². The highest BCUT2D eigenvalue weighted by Crippen LogP contribution is 2.28. The standard InChI is InChI=1S/C22H21N3O3/c1-13(16-8-10-18-17(12-16)9-11-19(26)24-18)23-22(27)20-14(2)28-25-21(20)15-6-4-3-5-7-15/h3-8,10,12-13H,9,11H2,1-2H3,(H,23,27)(H,24,26). The largest absolute Gasteiger partial charge is 0.360 e. The second-order valence-corrected chi connectivity index (χ2v) is 6.99. The number of aromatic nitrogens is 1. The van der Waals surface area contributed by atoms with Crippen molar-refractivity contribution in [3.05, 3.63) is 71.0 Å². The molecule has 1 unspecified atom stereocenters. The van der Waals surface area contributed by atoms with Crippen molar-refractivity contribution in [2.24, 2.45) is 0 Å². The van der Waals surface area contributed by atoms with Gasteiger partial charge < -0.3 is 15.2 Å². The minimum absolute atomic E-state index is 0.0398. The van der Waals surface area contributed by atoms with Crippen LogP contribution >= 0.6 is 0 Å². The molecule has 0 saturated heterocycles. The highest BCUT2D eigenvalue weighted by Gasteiger charge is 2.23.